The number of carbonyl (C=O) groups is 2. The van der Waals surface area contributed by atoms with Gasteiger partial charge in [-0.05, 0) is 55.3 Å². The lowest BCUT2D eigenvalue weighted by atomic mass is 10.1. The molecule has 3 heterocycles. The Morgan fingerprint density at radius 2 is 1.56 bits per heavy atom. The van der Waals surface area contributed by atoms with E-state index in [-0.39, 0.29) is 17.4 Å². The quantitative estimate of drug-likeness (QED) is 0.465. The largest absolute Gasteiger partial charge is 0.269 e. The van der Waals surface area contributed by atoms with Gasteiger partial charge in [0.25, 0.3) is 17.4 Å². The summed E-state index contributed by atoms with van der Waals surface area (Å²) in [4.78, 5) is 50.4. The Hall–Kier alpha value is -4.13. The van der Waals surface area contributed by atoms with E-state index < -0.39 is 6.04 Å². The van der Waals surface area contributed by atoms with E-state index in [0.29, 0.717) is 40.1 Å². The molecule has 0 saturated carbocycles. The van der Waals surface area contributed by atoms with Gasteiger partial charge in [0.05, 0.1) is 28.1 Å². The molecule has 0 spiro atoms. The molecule has 1 atom stereocenters. The number of aryl methyl sites for hydroxylation is 1. The van der Waals surface area contributed by atoms with Crippen molar-refractivity contribution in [3.63, 3.8) is 0 Å². The number of hydrogen-bond acceptors (Lipinski definition) is 5. The van der Waals surface area contributed by atoms with E-state index in [9.17, 15) is 14.4 Å². The number of nitrogens with zero attached hydrogens (tertiary/aromatic N) is 4. The summed E-state index contributed by atoms with van der Waals surface area (Å²) in [5.74, 6) is -0.0608. The Morgan fingerprint density at radius 1 is 0.906 bits per heavy atom. The van der Waals surface area contributed by atoms with Crippen LogP contribution in [0.15, 0.2) is 71.7 Å². The summed E-state index contributed by atoms with van der Waals surface area (Å²) in [6.45, 7) is 3.77. The molecule has 1 aliphatic heterocycles. The van der Waals surface area contributed by atoms with E-state index in [1.165, 1.54) is 9.47 Å². The molecule has 0 N–H and O–H groups in total. The Kier molecular flexibility index (Phi) is 4.66. The van der Waals surface area contributed by atoms with E-state index in [1.54, 1.807) is 60.8 Å². The molecule has 0 aliphatic carbocycles. The zero-order chi connectivity index (χ0) is 22.4. The Bertz CT molecular complexity index is 1420. The van der Waals surface area contributed by atoms with Crippen molar-refractivity contribution < 1.29 is 9.59 Å². The highest BCUT2D eigenvalue weighted by Gasteiger charge is 2.41. The first-order valence-corrected chi connectivity index (χ1v) is 10.4. The molecular formula is C25H20N4O3. The van der Waals surface area contributed by atoms with Crippen molar-refractivity contribution in [3.05, 3.63) is 99.7 Å². The van der Waals surface area contributed by atoms with Crippen LogP contribution in [-0.4, -0.2) is 31.2 Å². The third kappa shape index (κ3) is 2.93. The van der Waals surface area contributed by atoms with Gasteiger partial charge in [-0.15, -0.1) is 0 Å². The average Bonchev–Trinajstić information content (AvgIpc) is 3.05. The van der Waals surface area contributed by atoms with Crippen molar-refractivity contribution in [1.82, 2.24) is 19.4 Å². The van der Waals surface area contributed by atoms with Gasteiger partial charge in [-0.2, -0.15) is 0 Å². The Balaban J connectivity index is 1.78. The first-order valence-electron chi connectivity index (χ1n) is 10.4. The third-order valence-corrected chi connectivity index (χ3v) is 5.75. The molecule has 7 nitrogen and oxygen atoms in total. The van der Waals surface area contributed by atoms with Crippen LogP contribution in [0.1, 0.15) is 51.5 Å². The highest BCUT2D eigenvalue weighted by molar-refractivity contribution is 6.21. The second-order valence-corrected chi connectivity index (χ2v) is 7.77. The number of pyridine rings is 1. The SMILES string of the molecule is CCC(c1nc2ccccc2c(=O)n1-c1cc(C)ccn1)N1C(=O)c2ccccc2C1=O. The molecule has 4 aromatic rings. The fourth-order valence-corrected chi connectivity index (χ4v) is 4.21. The molecule has 0 radical (unpaired) electrons. The normalized spacial score (nSPS) is 14.1. The standard InChI is InChI=1S/C25H20N4O3/c1-3-20(28-23(30)16-8-4-5-9-17(16)24(28)31)22-27-19-11-7-6-10-18(19)25(32)29(22)21-14-15(2)12-13-26-21/h4-14,20H,3H2,1-2H3. The molecule has 158 valence electrons. The number of benzene rings is 2. The maximum absolute atomic E-state index is 13.6. The van der Waals surface area contributed by atoms with Crippen molar-refractivity contribution >= 4 is 22.7 Å². The lowest BCUT2D eigenvalue weighted by Crippen LogP contribution is -2.38. The summed E-state index contributed by atoms with van der Waals surface area (Å²) in [6, 6.07) is 16.7. The summed E-state index contributed by atoms with van der Waals surface area (Å²) in [5.41, 5.74) is 1.86. The summed E-state index contributed by atoms with van der Waals surface area (Å²) in [6.07, 6.45) is 2.01. The summed E-state index contributed by atoms with van der Waals surface area (Å²) >= 11 is 0. The summed E-state index contributed by atoms with van der Waals surface area (Å²) in [7, 11) is 0. The van der Waals surface area contributed by atoms with Crippen molar-refractivity contribution in [1.29, 1.82) is 0 Å². The van der Waals surface area contributed by atoms with Crippen LogP contribution < -0.4 is 5.56 Å². The number of rotatable bonds is 4. The van der Waals surface area contributed by atoms with Crippen LogP contribution in [0.2, 0.25) is 0 Å². The van der Waals surface area contributed by atoms with E-state index in [4.69, 9.17) is 4.98 Å². The smallest absolute Gasteiger partial charge is 0.267 e. The minimum absolute atomic E-state index is 0.293. The predicted molar refractivity (Wildman–Crippen MR) is 120 cm³/mol. The van der Waals surface area contributed by atoms with Gasteiger partial charge in [-0.25, -0.2) is 14.5 Å². The highest BCUT2D eigenvalue weighted by Crippen LogP contribution is 2.33. The predicted octanol–water partition coefficient (Wildman–Crippen LogP) is 3.84. The number of carbonyl (C=O) groups excluding carboxylic acids is 2. The molecule has 0 saturated heterocycles. The fraction of sp³-hybridized carbons (Fsp3) is 0.160. The molecule has 2 aromatic heterocycles. The number of aromatic nitrogens is 3. The van der Waals surface area contributed by atoms with E-state index in [1.807, 2.05) is 19.9 Å². The summed E-state index contributed by atoms with van der Waals surface area (Å²) in [5, 5.41) is 0.441. The van der Waals surface area contributed by atoms with E-state index in [0.717, 1.165) is 5.56 Å². The number of hydrogen-bond donors (Lipinski definition) is 0. The number of imide groups is 1. The molecule has 0 bridgehead atoms. The van der Waals surface area contributed by atoms with Crippen LogP contribution in [0.3, 0.4) is 0 Å². The minimum atomic E-state index is -0.734. The molecule has 7 heteroatoms. The van der Waals surface area contributed by atoms with Gasteiger partial charge in [-0.1, -0.05) is 31.2 Å². The monoisotopic (exact) mass is 424 g/mol. The van der Waals surface area contributed by atoms with E-state index >= 15 is 0 Å². The van der Waals surface area contributed by atoms with Crippen molar-refractivity contribution in [2.75, 3.05) is 0 Å². The van der Waals surface area contributed by atoms with Crippen LogP contribution in [-0.2, 0) is 0 Å². The minimum Gasteiger partial charge on any atom is -0.269 e. The van der Waals surface area contributed by atoms with Gasteiger partial charge in [0.15, 0.2) is 0 Å². The third-order valence-electron chi connectivity index (χ3n) is 5.75. The summed E-state index contributed by atoms with van der Waals surface area (Å²) < 4.78 is 1.42. The van der Waals surface area contributed by atoms with Gasteiger partial charge in [0.1, 0.15) is 11.6 Å². The lowest BCUT2D eigenvalue weighted by molar-refractivity contribution is 0.0568. The first-order chi connectivity index (χ1) is 15.5. The van der Waals surface area contributed by atoms with Gasteiger partial charge >= 0.3 is 0 Å². The van der Waals surface area contributed by atoms with Gasteiger partial charge in [0.2, 0.25) is 0 Å². The fourth-order valence-electron chi connectivity index (χ4n) is 4.21. The lowest BCUT2D eigenvalue weighted by Gasteiger charge is -2.27. The maximum Gasteiger partial charge on any atom is 0.267 e. The maximum atomic E-state index is 13.6. The topological polar surface area (TPSA) is 85.2 Å². The zero-order valence-electron chi connectivity index (χ0n) is 17.6. The van der Waals surface area contributed by atoms with E-state index in [2.05, 4.69) is 4.98 Å². The van der Waals surface area contributed by atoms with Crippen LogP contribution in [0.5, 0.6) is 0 Å². The molecular weight excluding hydrogens is 404 g/mol. The van der Waals surface area contributed by atoms with Gasteiger partial charge in [0, 0.05) is 6.20 Å². The number of para-hydroxylation sites is 1. The molecule has 1 unspecified atom stereocenters. The molecule has 5 rings (SSSR count). The van der Waals surface area contributed by atoms with Gasteiger partial charge < -0.3 is 0 Å². The number of fused-ring (bicyclic) bond motifs is 2. The zero-order valence-corrected chi connectivity index (χ0v) is 17.6. The molecule has 1 aliphatic rings. The Labute approximate surface area is 184 Å². The van der Waals surface area contributed by atoms with Crippen LogP contribution in [0.25, 0.3) is 16.7 Å². The highest BCUT2D eigenvalue weighted by atomic mass is 16.2. The average molecular weight is 424 g/mol. The van der Waals surface area contributed by atoms with Crippen molar-refractivity contribution in [2.24, 2.45) is 0 Å². The van der Waals surface area contributed by atoms with Crippen molar-refractivity contribution in [3.8, 4) is 5.82 Å². The Morgan fingerprint density at radius 3 is 2.22 bits per heavy atom. The van der Waals surface area contributed by atoms with Crippen LogP contribution in [0.4, 0.5) is 0 Å². The van der Waals surface area contributed by atoms with Gasteiger partial charge in [-0.3, -0.25) is 19.3 Å². The van der Waals surface area contributed by atoms with Crippen molar-refractivity contribution in [2.45, 2.75) is 26.3 Å². The second kappa shape index (κ2) is 7.53. The number of amides is 2. The molecule has 2 aromatic carbocycles. The first kappa shape index (κ1) is 19.8. The molecule has 2 amide bonds. The van der Waals surface area contributed by atoms with Crippen LogP contribution in [0, 0.1) is 6.92 Å². The molecule has 0 fully saturated rings. The van der Waals surface area contributed by atoms with Crippen LogP contribution >= 0.6 is 0 Å². The molecule has 32 heavy (non-hydrogen) atoms. The second-order valence-electron chi connectivity index (χ2n) is 7.77.